The highest BCUT2D eigenvalue weighted by molar-refractivity contribution is 7.89. The number of rotatable bonds is 9. The molecule has 1 aromatic heterocycles. The van der Waals surface area contributed by atoms with Crippen molar-refractivity contribution in [1.29, 1.82) is 0 Å². The Kier molecular flexibility index (Phi) is 8.71. The number of carbonyl (C=O) groups excluding carboxylic acids is 1. The highest BCUT2D eigenvalue weighted by atomic mass is 32.2. The van der Waals surface area contributed by atoms with E-state index in [0.29, 0.717) is 49.9 Å². The largest absolute Gasteiger partial charge is 0.477 e. The van der Waals surface area contributed by atoms with E-state index in [0.717, 1.165) is 40.7 Å². The third kappa shape index (κ3) is 5.78. The second kappa shape index (κ2) is 11.3. The molecule has 1 aliphatic heterocycles. The van der Waals surface area contributed by atoms with E-state index in [2.05, 4.69) is 17.2 Å². The van der Waals surface area contributed by atoms with Crippen molar-refractivity contribution in [3.05, 3.63) is 52.2 Å². The Labute approximate surface area is 204 Å². The number of hydrogen-bond acceptors (Lipinski definition) is 5. The highest BCUT2D eigenvalue weighted by Gasteiger charge is 2.34. The van der Waals surface area contributed by atoms with E-state index < -0.39 is 10.0 Å². The molecule has 2 heterocycles. The molecule has 7 nitrogen and oxygen atoms in total. The highest BCUT2D eigenvalue weighted by Crippen LogP contribution is 2.31. The van der Waals surface area contributed by atoms with E-state index in [9.17, 15) is 13.2 Å². The van der Waals surface area contributed by atoms with Crippen molar-refractivity contribution in [1.82, 2.24) is 14.6 Å². The monoisotopic (exact) mass is 487 g/mol. The maximum Gasteiger partial charge on any atom is 0.243 e. The van der Waals surface area contributed by atoms with Crippen LogP contribution in [0.3, 0.4) is 0 Å². The molecule has 0 spiro atoms. The molecule has 1 aliphatic rings. The van der Waals surface area contributed by atoms with Gasteiger partial charge in [-0.25, -0.2) is 13.4 Å². The molecule has 3 rings (SSSR count). The number of benzene rings is 1. The quantitative estimate of drug-likeness (QED) is 0.535. The zero-order valence-electron chi connectivity index (χ0n) is 21.0. The second-order valence-corrected chi connectivity index (χ2v) is 11.0. The SMILES string of the molecule is CCCCOc1ncccc1CNC(=O)C1CCN(S(=O)(=O)c2c(C)c(C)cc(C)c2C)CC1. The minimum absolute atomic E-state index is 0.0563. The van der Waals surface area contributed by atoms with Gasteiger partial charge in [-0.2, -0.15) is 4.31 Å². The summed E-state index contributed by atoms with van der Waals surface area (Å²) < 4.78 is 34.2. The van der Waals surface area contributed by atoms with Crippen LogP contribution < -0.4 is 10.1 Å². The standard InChI is InChI=1S/C26H37N3O4S/c1-6-7-15-33-26-23(9-8-12-27-26)17-28-25(30)22-10-13-29(14-11-22)34(31,32)24-20(4)18(2)16-19(3)21(24)5/h8-9,12,16,22H,6-7,10-11,13-15,17H2,1-5H3,(H,28,30). The molecule has 0 aliphatic carbocycles. The maximum atomic E-state index is 13.5. The fraction of sp³-hybridized carbons (Fsp3) is 0.538. The van der Waals surface area contributed by atoms with Crippen molar-refractivity contribution in [2.45, 2.75) is 71.7 Å². The second-order valence-electron chi connectivity index (χ2n) is 9.16. The molecule has 1 amide bonds. The van der Waals surface area contributed by atoms with Gasteiger partial charge in [0.1, 0.15) is 0 Å². The van der Waals surface area contributed by atoms with E-state index >= 15 is 0 Å². The number of sulfonamides is 1. The van der Waals surface area contributed by atoms with Gasteiger partial charge in [0.05, 0.1) is 11.5 Å². The van der Waals surface area contributed by atoms with Crippen molar-refractivity contribution in [3.8, 4) is 5.88 Å². The predicted octanol–water partition coefficient (Wildman–Crippen LogP) is 4.21. The topological polar surface area (TPSA) is 88.6 Å². The Balaban J connectivity index is 1.61. The van der Waals surface area contributed by atoms with E-state index in [1.165, 1.54) is 4.31 Å². The molecule has 0 saturated carbocycles. The van der Waals surface area contributed by atoms with Gasteiger partial charge in [-0.1, -0.05) is 25.5 Å². The van der Waals surface area contributed by atoms with Crippen LogP contribution in [-0.4, -0.2) is 43.3 Å². The Morgan fingerprint density at radius 2 is 1.79 bits per heavy atom. The molecule has 186 valence electrons. The lowest BCUT2D eigenvalue weighted by molar-refractivity contribution is -0.126. The lowest BCUT2D eigenvalue weighted by Crippen LogP contribution is -2.43. The van der Waals surface area contributed by atoms with Crippen molar-refractivity contribution in [2.75, 3.05) is 19.7 Å². The number of nitrogens with zero attached hydrogens (tertiary/aromatic N) is 2. The first kappa shape index (κ1) is 26.2. The molecular weight excluding hydrogens is 450 g/mol. The summed E-state index contributed by atoms with van der Waals surface area (Å²) in [6.45, 7) is 11.3. The molecule has 8 heteroatoms. The predicted molar refractivity (Wildman–Crippen MR) is 133 cm³/mol. The molecule has 0 atom stereocenters. The van der Waals surface area contributed by atoms with Crippen LogP contribution >= 0.6 is 0 Å². The summed E-state index contributed by atoms with van der Waals surface area (Å²) in [5.74, 6) is 0.282. The van der Waals surface area contributed by atoms with Gasteiger partial charge in [0.15, 0.2) is 0 Å². The normalized spacial score (nSPS) is 15.3. The van der Waals surface area contributed by atoms with Crippen LogP contribution in [-0.2, 0) is 21.4 Å². The van der Waals surface area contributed by atoms with Gasteiger partial charge in [-0.3, -0.25) is 4.79 Å². The van der Waals surface area contributed by atoms with Crippen molar-refractivity contribution in [3.63, 3.8) is 0 Å². The molecular formula is C26H37N3O4S. The molecule has 1 aromatic carbocycles. The van der Waals surface area contributed by atoms with E-state index in [1.54, 1.807) is 6.20 Å². The molecule has 0 radical (unpaired) electrons. The summed E-state index contributed by atoms with van der Waals surface area (Å²) in [4.78, 5) is 17.5. The minimum atomic E-state index is -3.61. The number of hydrogen-bond donors (Lipinski definition) is 1. The summed E-state index contributed by atoms with van der Waals surface area (Å²) in [7, 11) is -3.61. The Morgan fingerprint density at radius 1 is 1.15 bits per heavy atom. The maximum absolute atomic E-state index is 13.5. The first-order valence-corrected chi connectivity index (χ1v) is 13.5. The summed E-state index contributed by atoms with van der Waals surface area (Å²) in [6.07, 6.45) is 4.67. The number of pyridine rings is 1. The number of piperidine rings is 1. The van der Waals surface area contributed by atoms with E-state index in [1.807, 2.05) is 45.9 Å². The number of nitrogens with one attached hydrogen (secondary N) is 1. The molecule has 2 aromatic rings. The Hall–Kier alpha value is -2.45. The van der Waals surface area contributed by atoms with Gasteiger partial charge in [-0.05, 0) is 75.3 Å². The number of carbonyl (C=O) groups is 1. The fourth-order valence-electron chi connectivity index (χ4n) is 4.38. The van der Waals surface area contributed by atoms with Crippen LogP contribution in [0.5, 0.6) is 5.88 Å². The van der Waals surface area contributed by atoms with E-state index in [4.69, 9.17) is 4.74 Å². The summed E-state index contributed by atoms with van der Waals surface area (Å²) >= 11 is 0. The van der Waals surface area contributed by atoms with Crippen LogP contribution in [0.15, 0.2) is 29.3 Å². The fourth-order valence-corrected chi connectivity index (χ4v) is 6.43. The van der Waals surface area contributed by atoms with Gasteiger partial charge in [0, 0.05) is 37.3 Å². The van der Waals surface area contributed by atoms with Crippen molar-refractivity contribution < 1.29 is 17.9 Å². The smallest absolute Gasteiger partial charge is 0.243 e. The molecule has 0 bridgehead atoms. The summed E-state index contributed by atoms with van der Waals surface area (Å²) in [5.41, 5.74) is 4.40. The van der Waals surface area contributed by atoms with Gasteiger partial charge in [-0.15, -0.1) is 0 Å². The first-order valence-electron chi connectivity index (χ1n) is 12.1. The van der Waals surface area contributed by atoms with Crippen LogP contribution in [0, 0.1) is 33.6 Å². The number of unbranched alkanes of at least 4 members (excludes halogenated alkanes) is 1. The Morgan fingerprint density at radius 3 is 2.41 bits per heavy atom. The summed E-state index contributed by atoms with van der Waals surface area (Å²) in [5, 5.41) is 2.99. The van der Waals surface area contributed by atoms with Gasteiger partial charge in [0.25, 0.3) is 0 Å². The third-order valence-corrected chi connectivity index (χ3v) is 8.93. The summed E-state index contributed by atoms with van der Waals surface area (Å²) in [6, 6.07) is 5.76. The molecule has 1 N–H and O–H groups in total. The number of amides is 1. The van der Waals surface area contributed by atoms with Crippen LogP contribution in [0.25, 0.3) is 0 Å². The molecule has 1 fully saturated rings. The van der Waals surface area contributed by atoms with Crippen molar-refractivity contribution in [2.24, 2.45) is 5.92 Å². The average molecular weight is 488 g/mol. The van der Waals surface area contributed by atoms with Crippen molar-refractivity contribution >= 4 is 15.9 Å². The lowest BCUT2D eigenvalue weighted by Gasteiger charge is -2.32. The first-order chi connectivity index (χ1) is 16.2. The van der Waals surface area contributed by atoms with Crippen LogP contribution in [0.2, 0.25) is 0 Å². The van der Waals surface area contributed by atoms with Gasteiger partial charge in [0.2, 0.25) is 21.8 Å². The molecule has 34 heavy (non-hydrogen) atoms. The van der Waals surface area contributed by atoms with Crippen LogP contribution in [0.1, 0.15) is 60.4 Å². The number of aromatic nitrogens is 1. The number of aryl methyl sites for hydroxylation is 2. The van der Waals surface area contributed by atoms with Crippen LogP contribution in [0.4, 0.5) is 0 Å². The lowest BCUT2D eigenvalue weighted by atomic mass is 9.97. The zero-order chi connectivity index (χ0) is 24.9. The average Bonchev–Trinajstić information content (AvgIpc) is 2.82. The van der Waals surface area contributed by atoms with E-state index in [-0.39, 0.29) is 11.8 Å². The van der Waals surface area contributed by atoms with Gasteiger partial charge >= 0.3 is 0 Å². The Bertz CT molecular complexity index is 1100. The minimum Gasteiger partial charge on any atom is -0.477 e. The zero-order valence-corrected chi connectivity index (χ0v) is 21.8. The molecule has 0 unspecified atom stereocenters. The number of ether oxygens (including phenoxy) is 1. The molecule has 1 saturated heterocycles. The van der Waals surface area contributed by atoms with Gasteiger partial charge < -0.3 is 10.1 Å². The third-order valence-electron chi connectivity index (χ3n) is 6.76.